The van der Waals surface area contributed by atoms with Crippen LogP contribution in [-0.2, 0) is 19.1 Å². The fourth-order valence-corrected chi connectivity index (χ4v) is 3.90. The van der Waals surface area contributed by atoms with E-state index in [-0.39, 0.29) is 23.8 Å². The third-order valence-corrected chi connectivity index (χ3v) is 5.72. The molecule has 0 N–H and O–H groups in total. The van der Waals surface area contributed by atoms with Crippen LogP contribution < -0.4 is 0 Å². The smallest absolute Gasteiger partial charge is 0.305 e. The number of rotatable bonds is 17. The van der Waals surface area contributed by atoms with Gasteiger partial charge < -0.3 is 9.47 Å². The van der Waals surface area contributed by atoms with Crippen LogP contribution in [0.25, 0.3) is 0 Å². The van der Waals surface area contributed by atoms with Gasteiger partial charge in [0.15, 0.2) is 5.78 Å². The van der Waals surface area contributed by atoms with Gasteiger partial charge >= 0.3 is 5.97 Å². The maximum Gasteiger partial charge on any atom is 0.305 e. The average molecular weight is 433 g/mol. The van der Waals surface area contributed by atoms with Crippen molar-refractivity contribution in [2.24, 2.45) is 5.92 Å². The minimum Gasteiger partial charge on any atom is -0.466 e. The fraction of sp³-hybridized carbons (Fsp3) is 0.778. The maximum absolute atomic E-state index is 12.6. The summed E-state index contributed by atoms with van der Waals surface area (Å²) in [4.78, 5) is 24.1. The van der Waals surface area contributed by atoms with Gasteiger partial charge in [0.2, 0.25) is 0 Å². The zero-order chi connectivity index (χ0) is 22.7. The molecule has 0 unspecified atom stereocenters. The Labute approximate surface area is 190 Å². The maximum atomic E-state index is 12.6. The van der Waals surface area contributed by atoms with E-state index < -0.39 is 0 Å². The molecule has 0 radical (unpaired) electrons. The van der Waals surface area contributed by atoms with E-state index >= 15 is 0 Å². The second-order valence-corrected chi connectivity index (χ2v) is 8.48. The van der Waals surface area contributed by atoms with E-state index in [9.17, 15) is 9.59 Å². The first-order chi connectivity index (χ1) is 15.1. The Bertz CT molecular complexity index is 596. The Morgan fingerprint density at radius 2 is 1.65 bits per heavy atom. The Morgan fingerprint density at radius 3 is 2.35 bits per heavy atom. The molecule has 1 rings (SSSR count). The van der Waals surface area contributed by atoms with E-state index in [1.165, 1.54) is 38.5 Å². The van der Waals surface area contributed by atoms with Gasteiger partial charge in [0, 0.05) is 25.0 Å². The highest BCUT2D eigenvalue weighted by molar-refractivity contribution is 5.97. The molecule has 0 heterocycles. The molecule has 176 valence electrons. The molecule has 0 aromatic carbocycles. The van der Waals surface area contributed by atoms with Gasteiger partial charge in [-0.3, -0.25) is 9.59 Å². The lowest BCUT2D eigenvalue weighted by Crippen LogP contribution is -2.26. The summed E-state index contributed by atoms with van der Waals surface area (Å²) in [6, 6.07) is 0. The number of ketones is 1. The molecule has 0 fully saturated rings. The van der Waals surface area contributed by atoms with Crippen molar-refractivity contribution in [3.8, 4) is 11.8 Å². The van der Waals surface area contributed by atoms with Crippen LogP contribution in [0.3, 0.4) is 0 Å². The topological polar surface area (TPSA) is 52.6 Å². The number of allylic oxidation sites excluding steroid dienone is 1. The van der Waals surface area contributed by atoms with E-state index in [2.05, 4.69) is 25.7 Å². The summed E-state index contributed by atoms with van der Waals surface area (Å²) in [5.41, 5.74) is 0.868. The predicted molar refractivity (Wildman–Crippen MR) is 127 cm³/mol. The molecule has 1 aliphatic rings. The highest BCUT2D eigenvalue weighted by Gasteiger charge is 2.35. The molecule has 4 heteroatoms. The molecule has 0 amide bonds. The van der Waals surface area contributed by atoms with Crippen molar-refractivity contribution in [2.75, 3.05) is 13.2 Å². The van der Waals surface area contributed by atoms with Crippen molar-refractivity contribution in [3.63, 3.8) is 0 Å². The molecule has 0 aromatic rings. The summed E-state index contributed by atoms with van der Waals surface area (Å²) in [7, 11) is 0. The van der Waals surface area contributed by atoms with Crippen molar-refractivity contribution in [1.82, 2.24) is 0 Å². The van der Waals surface area contributed by atoms with E-state index in [4.69, 9.17) is 9.47 Å². The molecular formula is C27H44O4. The van der Waals surface area contributed by atoms with Gasteiger partial charge in [0.05, 0.1) is 12.5 Å². The minimum absolute atomic E-state index is 0.0826. The zero-order valence-electron chi connectivity index (χ0n) is 20.2. The molecule has 0 saturated carbocycles. The van der Waals surface area contributed by atoms with Gasteiger partial charge in [-0.1, -0.05) is 77.1 Å². The van der Waals surface area contributed by atoms with Crippen LogP contribution >= 0.6 is 0 Å². The lowest BCUT2D eigenvalue weighted by Gasteiger charge is -2.21. The summed E-state index contributed by atoms with van der Waals surface area (Å²) in [6.07, 6.45) is 15.8. The van der Waals surface area contributed by atoms with E-state index in [1.54, 1.807) is 6.08 Å². The number of unbranched alkanes of at least 4 members (excludes halogenated alkanes) is 9. The SMILES string of the molecule is CCCCCCC#CC1=CC(=O)[C@H](CCCCCC)[C@@H]1OCCCCCC(=O)OCC. The summed E-state index contributed by atoms with van der Waals surface area (Å²) < 4.78 is 11.2. The lowest BCUT2D eigenvalue weighted by atomic mass is 9.94. The molecule has 2 atom stereocenters. The number of hydrogen-bond donors (Lipinski definition) is 0. The number of ether oxygens (including phenoxy) is 2. The second-order valence-electron chi connectivity index (χ2n) is 8.48. The highest BCUT2D eigenvalue weighted by atomic mass is 16.5. The van der Waals surface area contributed by atoms with Crippen molar-refractivity contribution in [3.05, 3.63) is 11.6 Å². The summed E-state index contributed by atoms with van der Waals surface area (Å²) in [5, 5.41) is 0. The quantitative estimate of drug-likeness (QED) is 0.148. The first-order valence-electron chi connectivity index (χ1n) is 12.7. The monoisotopic (exact) mass is 432 g/mol. The Balaban J connectivity index is 2.52. The first-order valence-corrected chi connectivity index (χ1v) is 12.7. The molecule has 0 aliphatic heterocycles. The third kappa shape index (κ3) is 12.1. The van der Waals surface area contributed by atoms with E-state index in [1.807, 2.05) is 6.92 Å². The van der Waals surface area contributed by atoms with Crippen molar-refractivity contribution in [2.45, 2.75) is 117 Å². The number of carbonyl (C=O) groups excluding carboxylic acids is 2. The van der Waals surface area contributed by atoms with Crippen molar-refractivity contribution in [1.29, 1.82) is 0 Å². The highest BCUT2D eigenvalue weighted by Crippen LogP contribution is 2.30. The normalized spacial score (nSPS) is 17.9. The largest absolute Gasteiger partial charge is 0.466 e. The van der Waals surface area contributed by atoms with Gasteiger partial charge in [-0.2, -0.15) is 0 Å². The number of hydrogen-bond acceptors (Lipinski definition) is 4. The van der Waals surface area contributed by atoms with Crippen LogP contribution in [0.1, 0.15) is 111 Å². The fourth-order valence-electron chi connectivity index (χ4n) is 3.90. The van der Waals surface area contributed by atoms with E-state index in [0.717, 1.165) is 50.5 Å². The summed E-state index contributed by atoms with van der Waals surface area (Å²) >= 11 is 0. The average Bonchev–Trinajstić information content (AvgIpc) is 3.05. The standard InChI is InChI=1S/C27H44O4/c1-4-7-9-11-12-14-18-23-22-25(28)24(19-15-10-8-5-2)27(23)31-21-17-13-16-20-26(29)30-6-3/h22,24,27H,4-13,15-17,19-21H2,1-3H3/t24-,27+/m0/s1. The number of esters is 1. The Hall–Kier alpha value is -1.60. The third-order valence-electron chi connectivity index (χ3n) is 5.72. The van der Waals surface area contributed by atoms with Gasteiger partial charge in [-0.05, 0) is 38.7 Å². The molecular weight excluding hydrogens is 388 g/mol. The van der Waals surface area contributed by atoms with Crippen LogP contribution in [0.5, 0.6) is 0 Å². The van der Waals surface area contributed by atoms with Gasteiger partial charge in [0.25, 0.3) is 0 Å². The zero-order valence-corrected chi connectivity index (χ0v) is 20.2. The van der Waals surface area contributed by atoms with Gasteiger partial charge in [-0.15, -0.1) is 0 Å². The van der Waals surface area contributed by atoms with Crippen molar-refractivity contribution >= 4 is 11.8 Å². The molecule has 0 aromatic heterocycles. The molecule has 1 aliphatic carbocycles. The predicted octanol–water partition coefficient (Wildman–Crippen LogP) is 6.56. The van der Waals surface area contributed by atoms with Crippen LogP contribution in [0.2, 0.25) is 0 Å². The minimum atomic E-state index is -0.192. The Kier molecular flexibility index (Phi) is 15.9. The van der Waals surface area contributed by atoms with Crippen LogP contribution in [-0.4, -0.2) is 31.1 Å². The molecule has 0 saturated heterocycles. The molecule has 0 spiro atoms. The van der Waals surface area contributed by atoms with Crippen LogP contribution in [0, 0.1) is 17.8 Å². The number of carbonyl (C=O) groups is 2. The first kappa shape index (κ1) is 27.4. The summed E-state index contributed by atoms with van der Waals surface area (Å²) in [5.74, 6) is 6.49. The lowest BCUT2D eigenvalue weighted by molar-refractivity contribution is -0.143. The van der Waals surface area contributed by atoms with E-state index in [0.29, 0.717) is 19.6 Å². The Morgan fingerprint density at radius 1 is 0.935 bits per heavy atom. The van der Waals surface area contributed by atoms with Crippen LogP contribution in [0.4, 0.5) is 0 Å². The van der Waals surface area contributed by atoms with Gasteiger partial charge in [0.1, 0.15) is 6.10 Å². The summed E-state index contributed by atoms with van der Waals surface area (Å²) in [6.45, 7) is 7.27. The van der Waals surface area contributed by atoms with Gasteiger partial charge in [-0.25, -0.2) is 0 Å². The van der Waals surface area contributed by atoms with Crippen LogP contribution in [0.15, 0.2) is 11.6 Å². The second kappa shape index (κ2) is 18.0. The molecule has 4 nitrogen and oxygen atoms in total. The van der Waals surface area contributed by atoms with Crippen molar-refractivity contribution < 1.29 is 19.1 Å². The molecule has 0 bridgehead atoms. The molecule has 31 heavy (non-hydrogen) atoms.